The molecule has 0 fully saturated rings. The highest BCUT2D eigenvalue weighted by atomic mass is 32.1. The number of rotatable bonds is 4. The van der Waals surface area contributed by atoms with E-state index in [1.807, 2.05) is 32.0 Å². The van der Waals surface area contributed by atoms with Gasteiger partial charge in [0.2, 0.25) is 0 Å². The summed E-state index contributed by atoms with van der Waals surface area (Å²) >= 11 is 1.55. The van der Waals surface area contributed by atoms with Crippen molar-refractivity contribution >= 4 is 32.4 Å². The Bertz CT molecular complexity index is 785. The van der Waals surface area contributed by atoms with Crippen LogP contribution in [0, 0.1) is 12.7 Å². The molecule has 0 spiro atoms. The maximum atomic E-state index is 13.1. The molecule has 5 heteroatoms. The van der Waals surface area contributed by atoms with Gasteiger partial charge in [0, 0.05) is 5.69 Å². The number of hydrogen-bond acceptors (Lipinski definition) is 4. The first-order chi connectivity index (χ1) is 10.2. The van der Waals surface area contributed by atoms with Crippen LogP contribution in [-0.2, 0) is 0 Å². The zero-order chi connectivity index (χ0) is 14.8. The SMILES string of the molecule is CCOc1ccc2nc(Nc3ccc(F)cc3C)sc2c1. The van der Waals surface area contributed by atoms with Gasteiger partial charge in [-0.2, -0.15) is 0 Å². The fraction of sp³-hybridized carbons (Fsp3) is 0.188. The number of hydrogen-bond donors (Lipinski definition) is 1. The Morgan fingerprint density at radius 2 is 2.10 bits per heavy atom. The molecule has 2 aromatic carbocycles. The van der Waals surface area contributed by atoms with Crippen molar-refractivity contribution in [3.63, 3.8) is 0 Å². The number of aryl methyl sites for hydroxylation is 1. The van der Waals surface area contributed by atoms with Gasteiger partial charge in [-0.25, -0.2) is 9.37 Å². The van der Waals surface area contributed by atoms with E-state index in [1.54, 1.807) is 17.4 Å². The van der Waals surface area contributed by atoms with Gasteiger partial charge in [-0.1, -0.05) is 11.3 Å². The van der Waals surface area contributed by atoms with Crippen LogP contribution in [-0.4, -0.2) is 11.6 Å². The molecule has 1 heterocycles. The predicted octanol–water partition coefficient (Wildman–Crippen LogP) is 4.89. The number of nitrogens with one attached hydrogen (secondary N) is 1. The van der Waals surface area contributed by atoms with Crippen LogP contribution in [0.3, 0.4) is 0 Å². The fourth-order valence-electron chi connectivity index (χ4n) is 2.10. The van der Waals surface area contributed by atoms with Crippen molar-refractivity contribution in [2.75, 3.05) is 11.9 Å². The fourth-order valence-corrected chi connectivity index (χ4v) is 3.00. The first-order valence-electron chi connectivity index (χ1n) is 6.72. The van der Waals surface area contributed by atoms with Crippen LogP contribution in [0.2, 0.25) is 0 Å². The number of halogens is 1. The third kappa shape index (κ3) is 2.97. The van der Waals surface area contributed by atoms with Gasteiger partial charge < -0.3 is 10.1 Å². The molecule has 0 amide bonds. The number of aromatic nitrogens is 1. The van der Waals surface area contributed by atoms with Crippen molar-refractivity contribution < 1.29 is 9.13 Å². The molecule has 0 radical (unpaired) electrons. The van der Waals surface area contributed by atoms with E-state index in [0.717, 1.165) is 32.3 Å². The standard InChI is InChI=1S/C16H15FN2OS/c1-3-20-12-5-7-14-15(9-12)21-16(19-14)18-13-6-4-11(17)8-10(13)2/h4-9H,3H2,1-2H3,(H,18,19). The molecular formula is C16H15FN2OS. The van der Waals surface area contributed by atoms with E-state index < -0.39 is 0 Å². The number of benzene rings is 2. The Morgan fingerprint density at radius 1 is 1.24 bits per heavy atom. The minimum Gasteiger partial charge on any atom is -0.494 e. The van der Waals surface area contributed by atoms with Crippen LogP contribution in [0.1, 0.15) is 12.5 Å². The summed E-state index contributed by atoms with van der Waals surface area (Å²) in [6.45, 7) is 4.47. The molecule has 3 aromatic rings. The number of nitrogens with zero attached hydrogens (tertiary/aromatic N) is 1. The second kappa shape index (κ2) is 5.69. The van der Waals surface area contributed by atoms with Crippen LogP contribution in [0.4, 0.5) is 15.2 Å². The van der Waals surface area contributed by atoms with Gasteiger partial charge in [0.1, 0.15) is 11.6 Å². The molecule has 3 rings (SSSR count). The van der Waals surface area contributed by atoms with Crippen molar-refractivity contribution in [3.05, 3.63) is 47.8 Å². The number of anilines is 2. The molecule has 0 atom stereocenters. The van der Waals surface area contributed by atoms with Crippen LogP contribution in [0.15, 0.2) is 36.4 Å². The van der Waals surface area contributed by atoms with E-state index >= 15 is 0 Å². The summed E-state index contributed by atoms with van der Waals surface area (Å²) in [5, 5.41) is 4.03. The molecular weight excluding hydrogens is 287 g/mol. The van der Waals surface area contributed by atoms with Crippen molar-refractivity contribution in [2.24, 2.45) is 0 Å². The summed E-state index contributed by atoms with van der Waals surface area (Å²) in [6.07, 6.45) is 0. The van der Waals surface area contributed by atoms with Crippen LogP contribution in [0.5, 0.6) is 5.75 Å². The molecule has 108 valence electrons. The van der Waals surface area contributed by atoms with Gasteiger partial charge in [-0.3, -0.25) is 0 Å². The maximum absolute atomic E-state index is 13.1. The van der Waals surface area contributed by atoms with Crippen molar-refractivity contribution in [1.29, 1.82) is 0 Å². The first kappa shape index (κ1) is 13.8. The van der Waals surface area contributed by atoms with E-state index in [0.29, 0.717) is 6.61 Å². The molecule has 0 bridgehead atoms. The van der Waals surface area contributed by atoms with E-state index in [4.69, 9.17) is 4.74 Å². The highest BCUT2D eigenvalue weighted by molar-refractivity contribution is 7.22. The number of fused-ring (bicyclic) bond motifs is 1. The monoisotopic (exact) mass is 302 g/mol. The second-order valence-electron chi connectivity index (χ2n) is 4.67. The summed E-state index contributed by atoms with van der Waals surface area (Å²) in [5.41, 5.74) is 2.63. The summed E-state index contributed by atoms with van der Waals surface area (Å²) < 4.78 is 19.7. The number of ether oxygens (including phenoxy) is 1. The van der Waals surface area contributed by atoms with Gasteiger partial charge in [0.15, 0.2) is 5.13 Å². The van der Waals surface area contributed by atoms with Crippen LogP contribution >= 0.6 is 11.3 Å². The van der Waals surface area contributed by atoms with Gasteiger partial charge in [0.25, 0.3) is 0 Å². The molecule has 3 nitrogen and oxygen atoms in total. The zero-order valence-corrected chi connectivity index (χ0v) is 12.6. The zero-order valence-electron chi connectivity index (χ0n) is 11.8. The topological polar surface area (TPSA) is 34.1 Å². The van der Waals surface area contributed by atoms with Gasteiger partial charge in [0.05, 0.1) is 16.8 Å². The Hall–Kier alpha value is -2.14. The second-order valence-corrected chi connectivity index (χ2v) is 5.70. The molecule has 0 unspecified atom stereocenters. The van der Waals surface area contributed by atoms with Gasteiger partial charge in [-0.05, 0) is 55.8 Å². The molecule has 1 N–H and O–H groups in total. The average molecular weight is 302 g/mol. The summed E-state index contributed by atoms with van der Waals surface area (Å²) in [5.74, 6) is 0.613. The third-order valence-electron chi connectivity index (χ3n) is 3.10. The number of thiazole rings is 1. The Balaban J connectivity index is 1.90. The molecule has 1 aromatic heterocycles. The van der Waals surface area contributed by atoms with Crippen LogP contribution < -0.4 is 10.1 Å². The smallest absolute Gasteiger partial charge is 0.188 e. The Morgan fingerprint density at radius 3 is 2.86 bits per heavy atom. The summed E-state index contributed by atoms with van der Waals surface area (Å²) in [6, 6.07) is 10.5. The molecule has 0 aliphatic heterocycles. The van der Waals surface area contributed by atoms with E-state index in [2.05, 4.69) is 10.3 Å². The Labute approximate surface area is 126 Å². The molecule has 0 saturated heterocycles. The molecule has 0 saturated carbocycles. The van der Waals surface area contributed by atoms with E-state index in [1.165, 1.54) is 12.1 Å². The lowest BCUT2D eigenvalue weighted by atomic mass is 10.2. The molecule has 0 aliphatic carbocycles. The first-order valence-corrected chi connectivity index (χ1v) is 7.54. The Kier molecular flexibility index (Phi) is 3.75. The third-order valence-corrected chi connectivity index (χ3v) is 4.03. The predicted molar refractivity (Wildman–Crippen MR) is 85.2 cm³/mol. The lowest BCUT2D eigenvalue weighted by molar-refractivity contribution is 0.341. The lowest BCUT2D eigenvalue weighted by Crippen LogP contribution is -1.92. The van der Waals surface area contributed by atoms with Crippen molar-refractivity contribution in [1.82, 2.24) is 4.98 Å². The summed E-state index contributed by atoms with van der Waals surface area (Å²) in [7, 11) is 0. The lowest BCUT2D eigenvalue weighted by Gasteiger charge is -2.05. The van der Waals surface area contributed by atoms with E-state index in [9.17, 15) is 4.39 Å². The molecule has 21 heavy (non-hydrogen) atoms. The van der Waals surface area contributed by atoms with Crippen LogP contribution in [0.25, 0.3) is 10.2 Å². The van der Waals surface area contributed by atoms with Crippen molar-refractivity contribution in [2.45, 2.75) is 13.8 Å². The minimum atomic E-state index is -0.233. The maximum Gasteiger partial charge on any atom is 0.188 e. The summed E-state index contributed by atoms with van der Waals surface area (Å²) in [4.78, 5) is 4.53. The largest absolute Gasteiger partial charge is 0.494 e. The van der Waals surface area contributed by atoms with Gasteiger partial charge >= 0.3 is 0 Å². The van der Waals surface area contributed by atoms with E-state index in [-0.39, 0.29) is 5.82 Å². The minimum absolute atomic E-state index is 0.233. The highest BCUT2D eigenvalue weighted by Gasteiger charge is 2.07. The van der Waals surface area contributed by atoms with Gasteiger partial charge in [-0.15, -0.1) is 0 Å². The normalized spacial score (nSPS) is 10.8. The average Bonchev–Trinajstić information content (AvgIpc) is 2.84. The van der Waals surface area contributed by atoms with Crippen molar-refractivity contribution in [3.8, 4) is 5.75 Å². The molecule has 0 aliphatic rings. The highest BCUT2D eigenvalue weighted by Crippen LogP contribution is 2.31. The quantitative estimate of drug-likeness (QED) is 0.745.